The molecule has 2 amide bonds. The van der Waals surface area contributed by atoms with E-state index >= 15 is 0 Å². The molecule has 3 heterocycles. The second-order valence-corrected chi connectivity index (χ2v) is 7.91. The lowest BCUT2D eigenvalue weighted by Gasteiger charge is -2.25. The predicted molar refractivity (Wildman–Crippen MR) is 126 cm³/mol. The molecule has 0 fully saturated rings. The van der Waals surface area contributed by atoms with Crippen LogP contribution in [-0.2, 0) is 9.59 Å². The molecule has 1 atom stereocenters. The van der Waals surface area contributed by atoms with Crippen LogP contribution in [0.25, 0.3) is 11.0 Å². The van der Waals surface area contributed by atoms with Gasteiger partial charge in [-0.05, 0) is 42.5 Å². The van der Waals surface area contributed by atoms with E-state index in [1.807, 2.05) is 0 Å². The predicted octanol–water partition coefficient (Wildman–Crippen LogP) is 4.78. The molecule has 1 aliphatic rings. The molecule has 9 heteroatoms. The number of ether oxygens (including phenoxy) is 1. The fraction of sp³-hybridized carbons (Fsp3) is 0.115. The van der Waals surface area contributed by atoms with Crippen molar-refractivity contribution in [1.29, 1.82) is 0 Å². The molecule has 0 saturated heterocycles. The molecular formula is C26H20N2O7. The van der Waals surface area contributed by atoms with Gasteiger partial charge in [0.2, 0.25) is 11.7 Å². The molecule has 2 aromatic heterocycles. The summed E-state index contributed by atoms with van der Waals surface area (Å²) in [6.45, 7) is 1.37. The Labute approximate surface area is 199 Å². The number of hydrogen-bond acceptors (Lipinski definition) is 7. The highest BCUT2D eigenvalue weighted by Gasteiger charge is 2.46. The van der Waals surface area contributed by atoms with Crippen molar-refractivity contribution in [3.05, 3.63) is 89.8 Å². The summed E-state index contributed by atoms with van der Waals surface area (Å²) in [6.07, 6.45) is 1.41. The quantitative estimate of drug-likeness (QED) is 0.387. The Morgan fingerprint density at radius 3 is 2.60 bits per heavy atom. The van der Waals surface area contributed by atoms with Crippen LogP contribution in [0.3, 0.4) is 0 Å². The van der Waals surface area contributed by atoms with Gasteiger partial charge in [-0.3, -0.25) is 19.3 Å². The van der Waals surface area contributed by atoms with Gasteiger partial charge in [0.05, 0.1) is 18.9 Å². The Kier molecular flexibility index (Phi) is 5.37. The Bertz CT molecular complexity index is 1500. The van der Waals surface area contributed by atoms with E-state index in [9.17, 15) is 19.5 Å². The number of hydrogen-bond donors (Lipinski definition) is 2. The van der Waals surface area contributed by atoms with Crippen LogP contribution in [0.5, 0.6) is 5.75 Å². The Morgan fingerprint density at radius 1 is 1.09 bits per heavy atom. The summed E-state index contributed by atoms with van der Waals surface area (Å²) in [4.78, 5) is 39.6. The zero-order chi connectivity index (χ0) is 24.7. The fourth-order valence-electron chi connectivity index (χ4n) is 4.20. The number of furan rings is 2. The van der Waals surface area contributed by atoms with Crippen LogP contribution in [0, 0.1) is 0 Å². The minimum Gasteiger partial charge on any atom is -0.503 e. The third-order valence-electron chi connectivity index (χ3n) is 5.66. The maximum Gasteiger partial charge on any atom is 0.294 e. The number of ketones is 1. The summed E-state index contributed by atoms with van der Waals surface area (Å²) in [5.41, 5.74) is 0.984. The van der Waals surface area contributed by atoms with Gasteiger partial charge in [-0.1, -0.05) is 18.2 Å². The highest BCUT2D eigenvalue weighted by Crippen LogP contribution is 2.43. The van der Waals surface area contributed by atoms with Gasteiger partial charge in [-0.2, -0.15) is 0 Å². The molecule has 0 saturated carbocycles. The van der Waals surface area contributed by atoms with E-state index < -0.39 is 23.5 Å². The molecule has 0 radical (unpaired) electrons. The number of methoxy groups -OCH3 is 1. The number of fused-ring (bicyclic) bond motifs is 1. The molecule has 0 aliphatic carbocycles. The molecule has 35 heavy (non-hydrogen) atoms. The molecule has 0 bridgehead atoms. The van der Waals surface area contributed by atoms with Gasteiger partial charge >= 0.3 is 0 Å². The zero-order valence-corrected chi connectivity index (χ0v) is 18.8. The first-order chi connectivity index (χ1) is 16.9. The van der Waals surface area contributed by atoms with Gasteiger partial charge in [-0.25, -0.2) is 0 Å². The second-order valence-electron chi connectivity index (χ2n) is 7.91. The molecule has 1 unspecified atom stereocenters. The normalized spacial score (nSPS) is 15.7. The number of aliphatic hydroxyl groups excluding tert-OH is 1. The third kappa shape index (κ3) is 3.72. The number of carbonyl (C=O) groups is 3. The maximum atomic E-state index is 13.6. The molecule has 0 spiro atoms. The van der Waals surface area contributed by atoms with Crippen LogP contribution in [0.15, 0.2) is 87.1 Å². The van der Waals surface area contributed by atoms with Crippen LogP contribution in [-0.4, -0.2) is 29.8 Å². The SMILES string of the molecule is COc1cccc2cc(C(=O)C3=C(O)C(=O)N(c4cccc(NC(C)=O)c4)C3c3ccco3)oc12. The van der Waals surface area contributed by atoms with Crippen LogP contribution >= 0.6 is 0 Å². The number of amides is 2. The summed E-state index contributed by atoms with van der Waals surface area (Å²) < 4.78 is 16.7. The summed E-state index contributed by atoms with van der Waals surface area (Å²) in [7, 11) is 1.49. The average Bonchev–Trinajstić information content (AvgIpc) is 3.57. The molecule has 4 aromatic rings. The molecule has 2 aromatic carbocycles. The van der Waals surface area contributed by atoms with Gasteiger partial charge in [0, 0.05) is 23.7 Å². The Balaban J connectivity index is 1.61. The maximum absolute atomic E-state index is 13.6. The van der Waals surface area contributed by atoms with E-state index in [0.29, 0.717) is 28.1 Å². The first kappa shape index (κ1) is 22.0. The minimum atomic E-state index is -1.06. The van der Waals surface area contributed by atoms with Crippen LogP contribution in [0.2, 0.25) is 0 Å². The summed E-state index contributed by atoms with van der Waals surface area (Å²) in [6, 6.07) is 15.4. The van der Waals surface area contributed by atoms with Crippen molar-refractivity contribution in [3.8, 4) is 5.75 Å². The summed E-state index contributed by atoms with van der Waals surface area (Å²) in [5.74, 6) is -1.81. The van der Waals surface area contributed by atoms with E-state index in [-0.39, 0.29) is 23.0 Å². The number of anilines is 2. The Morgan fingerprint density at radius 2 is 1.89 bits per heavy atom. The van der Waals surface area contributed by atoms with Gasteiger partial charge in [0.1, 0.15) is 11.8 Å². The van der Waals surface area contributed by atoms with E-state index in [1.54, 1.807) is 54.6 Å². The molecule has 5 rings (SSSR count). The van der Waals surface area contributed by atoms with E-state index in [4.69, 9.17) is 13.6 Å². The number of nitrogens with zero attached hydrogens (tertiary/aromatic N) is 1. The van der Waals surface area contributed by atoms with Crippen molar-refractivity contribution < 1.29 is 33.1 Å². The van der Waals surface area contributed by atoms with Gasteiger partial charge in [0.25, 0.3) is 5.91 Å². The average molecular weight is 472 g/mol. The number of Topliss-reactive ketones (excluding diaryl/α,β-unsaturated/α-hetero) is 1. The van der Waals surface area contributed by atoms with Crippen LogP contribution < -0.4 is 15.0 Å². The number of aliphatic hydroxyl groups is 1. The van der Waals surface area contributed by atoms with Crippen molar-refractivity contribution in [1.82, 2.24) is 0 Å². The highest BCUT2D eigenvalue weighted by molar-refractivity contribution is 6.20. The number of carbonyl (C=O) groups excluding carboxylic acids is 3. The van der Waals surface area contributed by atoms with E-state index in [1.165, 1.54) is 31.3 Å². The minimum absolute atomic E-state index is 0.0655. The van der Waals surface area contributed by atoms with Crippen molar-refractivity contribution in [2.75, 3.05) is 17.3 Å². The molecular weight excluding hydrogens is 452 g/mol. The number of para-hydroxylation sites is 1. The van der Waals surface area contributed by atoms with Crippen LogP contribution in [0.4, 0.5) is 11.4 Å². The largest absolute Gasteiger partial charge is 0.503 e. The standard InChI is InChI=1S/C26H20N2O7/c1-14(29)27-16-7-4-8-17(13-16)28-22(18-10-5-11-34-18)21(24(31)26(28)32)23(30)20-12-15-6-3-9-19(33-2)25(15)35-20/h3-13,22,31H,1-2H3,(H,27,29). The van der Waals surface area contributed by atoms with Gasteiger partial charge < -0.3 is 24.0 Å². The number of rotatable bonds is 6. The van der Waals surface area contributed by atoms with Crippen molar-refractivity contribution >= 4 is 39.9 Å². The molecule has 2 N–H and O–H groups in total. The lowest BCUT2D eigenvalue weighted by atomic mass is 9.99. The van der Waals surface area contributed by atoms with Crippen molar-refractivity contribution in [3.63, 3.8) is 0 Å². The highest BCUT2D eigenvalue weighted by atomic mass is 16.5. The summed E-state index contributed by atoms with van der Waals surface area (Å²) >= 11 is 0. The molecule has 9 nitrogen and oxygen atoms in total. The lowest BCUT2D eigenvalue weighted by Crippen LogP contribution is -2.30. The summed E-state index contributed by atoms with van der Waals surface area (Å²) in [5, 5.41) is 14.2. The van der Waals surface area contributed by atoms with E-state index in [0.717, 1.165) is 0 Å². The van der Waals surface area contributed by atoms with E-state index in [2.05, 4.69) is 5.32 Å². The molecule has 176 valence electrons. The van der Waals surface area contributed by atoms with Gasteiger partial charge in [-0.15, -0.1) is 0 Å². The van der Waals surface area contributed by atoms with Gasteiger partial charge in [0.15, 0.2) is 22.9 Å². The molecule has 1 aliphatic heterocycles. The topological polar surface area (TPSA) is 122 Å². The Hall–Kier alpha value is -4.79. The van der Waals surface area contributed by atoms with Crippen molar-refractivity contribution in [2.45, 2.75) is 13.0 Å². The fourth-order valence-corrected chi connectivity index (χ4v) is 4.20. The number of nitrogens with one attached hydrogen (secondary N) is 1. The van der Waals surface area contributed by atoms with Crippen molar-refractivity contribution in [2.24, 2.45) is 0 Å². The first-order valence-corrected chi connectivity index (χ1v) is 10.7. The van der Waals surface area contributed by atoms with Crippen LogP contribution in [0.1, 0.15) is 29.3 Å². The number of benzene rings is 2. The first-order valence-electron chi connectivity index (χ1n) is 10.7. The second kappa shape index (κ2) is 8.53. The smallest absolute Gasteiger partial charge is 0.294 e. The third-order valence-corrected chi connectivity index (χ3v) is 5.66. The zero-order valence-electron chi connectivity index (χ0n) is 18.8. The monoisotopic (exact) mass is 472 g/mol. The lowest BCUT2D eigenvalue weighted by molar-refractivity contribution is -0.117.